The van der Waals surface area contributed by atoms with Crippen LogP contribution in [0.4, 0.5) is 0 Å². The highest BCUT2D eigenvalue weighted by molar-refractivity contribution is 5.94. The van der Waals surface area contributed by atoms with Gasteiger partial charge in [-0.3, -0.25) is 9.78 Å². The summed E-state index contributed by atoms with van der Waals surface area (Å²) in [5, 5.41) is 7.89. The lowest BCUT2D eigenvalue weighted by molar-refractivity contribution is 0.0724. The molecule has 0 saturated carbocycles. The van der Waals surface area contributed by atoms with E-state index < -0.39 is 0 Å². The molecule has 0 atom stereocenters. The third-order valence-electron chi connectivity index (χ3n) is 4.62. The SMILES string of the molecule is Cc1nnc(-c2cncc(-c3ccc(C(=O)N4CCCCC4)cc3)c2)o1. The molecular formula is C20H20N4O2. The maximum absolute atomic E-state index is 12.6. The van der Waals surface area contributed by atoms with Crippen molar-refractivity contribution in [1.82, 2.24) is 20.1 Å². The molecule has 0 aliphatic carbocycles. The van der Waals surface area contributed by atoms with Crippen molar-refractivity contribution in [3.8, 4) is 22.6 Å². The number of aromatic nitrogens is 3. The molecule has 1 amide bonds. The summed E-state index contributed by atoms with van der Waals surface area (Å²) < 4.78 is 5.47. The molecule has 6 heteroatoms. The second kappa shape index (κ2) is 7.07. The predicted octanol–water partition coefficient (Wildman–Crippen LogP) is 3.73. The van der Waals surface area contributed by atoms with Crippen molar-refractivity contribution in [2.24, 2.45) is 0 Å². The largest absolute Gasteiger partial charge is 0.421 e. The van der Waals surface area contributed by atoms with E-state index in [0.29, 0.717) is 11.8 Å². The van der Waals surface area contributed by atoms with E-state index in [1.54, 1.807) is 19.3 Å². The summed E-state index contributed by atoms with van der Waals surface area (Å²) in [6, 6.07) is 9.64. The zero-order chi connectivity index (χ0) is 17.9. The van der Waals surface area contributed by atoms with Gasteiger partial charge in [-0.2, -0.15) is 0 Å². The van der Waals surface area contributed by atoms with Crippen molar-refractivity contribution in [3.05, 3.63) is 54.2 Å². The van der Waals surface area contributed by atoms with Crippen LogP contribution in [0.2, 0.25) is 0 Å². The number of rotatable bonds is 3. The molecule has 4 rings (SSSR count). The van der Waals surface area contributed by atoms with Crippen LogP contribution in [0.15, 0.2) is 47.1 Å². The van der Waals surface area contributed by atoms with Crippen LogP contribution >= 0.6 is 0 Å². The van der Waals surface area contributed by atoms with Crippen molar-refractivity contribution in [2.45, 2.75) is 26.2 Å². The highest BCUT2D eigenvalue weighted by atomic mass is 16.4. The molecule has 1 aliphatic rings. The summed E-state index contributed by atoms with van der Waals surface area (Å²) in [5.41, 5.74) is 3.44. The van der Waals surface area contributed by atoms with Crippen molar-refractivity contribution in [3.63, 3.8) is 0 Å². The fraction of sp³-hybridized carbons (Fsp3) is 0.300. The van der Waals surface area contributed by atoms with E-state index in [4.69, 9.17) is 4.42 Å². The first kappa shape index (κ1) is 16.4. The van der Waals surface area contributed by atoms with Gasteiger partial charge in [0.25, 0.3) is 5.91 Å². The zero-order valence-corrected chi connectivity index (χ0v) is 14.7. The maximum atomic E-state index is 12.6. The molecule has 3 heterocycles. The van der Waals surface area contributed by atoms with Crippen LogP contribution in [-0.2, 0) is 0 Å². The Hall–Kier alpha value is -3.02. The van der Waals surface area contributed by atoms with E-state index in [0.717, 1.165) is 48.2 Å². The fourth-order valence-electron chi connectivity index (χ4n) is 3.21. The van der Waals surface area contributed by atoms with Crippen LogP contribution in [0.25, 0.3) is 22.6 Å². The second-order valence-electron chi connectivity index (χ2n) is 6.52. The van der Waals surface area contributed by atoms with Crippen molar-refractivity contribution in [1.29, 1.82) is 0 Å². The van der Waals surface area contributed by atoms with E-state index in [9.17, 15) is 4.79 Å². The average Bonchev–Trinajstić information content (AvgIpc) is 3.15. The molecule has 26 heavy (non-hydrogen) atoms. The summed E-state index contributed by atoms with van der Waals surface area (Å²) >= 11 is 0. The highest BCUT2D eigenvalue weighted by Crippen LogP contribution is 2.25. The Morgan fingerprint density at radius 3 is 2.38 bits per heavy atom. The second-order valence-corrected chi connectivity index (χ2v) is 6.52. The molecule has 3 aromatic rings. The highest BCUT2D eigenvalue weighted by Gasteiger charge is 2.18. The normalized spacial score (nSPS) is 14.4. The lowest BCUT2D eigenvalue weighted by atomic mass is 10.0. The molecule has 132 valence electrons. The predicted molar refractivity (Wildman–Crippen MR) is 97.5 cm³/mol. The van der Waals surface area contributed by atoms with E-state index in [1.165, 1.54) is 6.42 Å². The molecule has 0 bridgehead atoms. The number of nitrogens with zero attached hydrogens (tertiary/aromatic N) is 4. The summed E-state index contributed by atoms with van der Waals surface area (Å²) in [7, 11) is 0. The lowest BCUT2D eigenvalue weighted by Crippen LogP contribution is -2.35. The molecule has 1 aromatic carbocycles. The van der Waals surface area contributed by atoms with Gasteiger partial charge in [-0.1, -0.05) is 12.1 Å². The number of hydrogen-bond acceptors (Lipinski definition) is 5. The number of carbonyl (C=O) groups is 1. The van der Waals surface area contributed by atoms with E-state index >= 15 is 0 Å². The third-order valence-corrected chi connectivity index (χ3v) is 4.62. The Morgan fingerprint density at radius 1 is 0.962 bits per heavy atom. The first-order valence-electron chi connectivity index (χ1n) is 8.86. The van der Waals surface area contributed by atoms with Crippen molar-refractivity contribution < 1.29 is 9.21 Å². The summed E-state index contributed by atoms with van der Waals surface area (Å²) in [4.78, 5) is 18.8. The van der Waals surface area contributed by atoms with Gasteiger partial charge in [-0.15, -0.1) is 10.2 Å². The minimum Gasteiger partial charge on any atom is -0.421 e. The molecule has 0 spiro atoms. The molecule has 0 radical (unpaired) electrons. The topological polar surface area (TPSA) is 72.1 Å². The smallest absolute Gasteiger partial charge is 0.253 e. The molecule has 1 saturated heterocycles. The lowest BCUT2D eigenvalue weighted by Gasteiger charge is -2.26. The van der Waals surface area contributed by atoms with Gasteiger partial charge in [0.2, 0.25) is 11.8 Å². The number of likely N-dealkylation sites (tertiary alicyclic amines) is 1. The third kappa shape index (κ3) is 3.35. The van der Waals surface area contributed by atoms with Gasteiger partial charge < -0.3 is 9.32 Å². The van der Waals surface area contributed by atoms with Crippen LogP contribution in [0.5, 0.6) is 0 Å². The number of hydrogen-bond donors (Lipinski definition) is 0. The van der Waals surface area contributed by atoms with Gasteiger partial charge in [-0.25, -0.2) is 0 Å². The molecule has 6 nitrogen and oxygen atoms in total. The van der Waals surface area contributed by atoms with Gasteiger partial charge in [0.1, 0.15) is 0 Å². The van der Waals surface area contributed by atoms with Crippen LogP contribution in [-0.4, -0.2) is 39.1 Å². The first-order chi connectivity index (χ1) is 12.7. The fourth-order valence-corrected chi connectivity index (χ4v) is 3.21. The Morgan fingerprint density at radius 2 is 1.69 bits per heavy atom. The van der Waals surface area contributed by atoms with E-state index in [-0.39, 0.29) is 5.91 Å². The molecule has 0 N–H and O–H groups in total. The Labute approximate surface area is 151 Å². The van der Waals surface area contributed by atoms with E-state index in [2.05, 4.69) is 15.2 Å². The van der Waals surface area contributed by atoms with Crippen LogP contribution in [0.3, 0.4) is 0 Å². The zero-order valence-electron chi connectivity index (χ0n) is 14.7. The maximum Gasteiger partial charge on any atom is 0.253 e. The minimum atomic E-state index is 0.115. The van der Waals surface area contributed by atoms with Crippen LogP contribution < -0.4 is 0 Å². The van der Waals surface area contributed by atoms with Gasteiger partial charge in [-0.05, 0) is 43.0 Å². The quantitative estimate of drug-likeness (QED) is 0.721. The van der Waals surface area contributed by atoms with Crippen LogP contribution in [0.1, 0.15) is 35.5 Å². The summed E-state index contributed by atoms with van der Waals surface area (Å²) in [5.74, 6) is 1.09. The molecule has 1 fully saturated rings. The summed E-state index contributed by atoms with van der Waals surface area (Å²) in [6.07, 6.45) is 6.89. The molecule has 2 aromatic heterocycles. The Balaban J connectivity index is 1.56. The van der Waals surface area contributed by atoms with Crippen LogP contribution in [0, 0.1) is 6.92 Å². The van der Waals surface area contributed by atoms with E-state index in [1.807, 2.05) is 35.2 Å². The number of aryl methyl sites for hydroxylation is 1. The van der Waals surface area contributed by atoms with Gasteiger partial charge >= 0.3 is 0 Å². The van der Waals surface area contributed by atoms with Gasteiger partial charge in [0.05, 0.1) is 5.56 Å². The average molecular weight is 348 g/mol. The molecular weight excluding hydrogens is 328 g/mol. The standard InChI is InChI=1S/C20H20N4O2/c1-14-22-23-19(26-14)18-11-17(12-21-13-18)15-5-7-16(8-6-15)20(25)24-9-3-2-4-10-24/h5-8,11-13H,2-4,9-10H2,1H3. The number of piperidine rings is 1. The number of amides is 1. The Kier molecular flexibility index (Phi) is 4.48. The van der Waals surface area contributed by atoms with Gasteiger partial charge in [0, 0.05) is 43.5 Å². The molecule has 0 unspecified atom stereocenters. The monoisotopic (exact) mass is 348 g/mol. The van der Waals surface area contributed by atoms with Crippen molar-refractivity contribution in [2.75, 3.05) is 13.1 Å². The number of carbonyl (C=O) groups excluding carboxylic acids is 1. The van der Waals surface area contributed by atoms with Gasteiger partial charge in [0.15, 0.2) is 0 Å². The Bertz CT molecular complexity index is 912. The number of benzene rings is 1. The first-order valence-corrected chi connectivity index (χ1v) is 8.86. The van der Waals surface area contributed by atoms with Crippen molar-refractivity contribution >= 4 is 5.91 Å². The molecule has 1 aliphatic heterocycles. The summed E-state index contributed by atoms with van der Waals surface area (Å²) in [6.45, 7) is 3.47. The minimum absolute atomic E-state index is 0.115. The number of pyridine rings is 1.